The highest BCUT2D eigenvalue weighted by Crippen LogP contribution is 2.24. The lowest BCUT2D eigenvalue weighted by Gasteiger charge is -2.14. The van der Waals surface area contributed by atoms with Crippen molar-refractivity contribution >= 4 is 0 Å². The third-order valence-corrected chi connectivity index (χ3v) is 2.84. The van der Waals surface area contributed by atoms with Gasteiger partial charge in [0.15, 0.2) is 0 Å². The van der Waals surface area contributed by atoms with Crippen molar-refractivity contribution in [3.8, 4) is 0 Å². The number of rotatable bonds is 3. The second kappa shape index (κ2) is 4.43. The lowest BCUT2D eigenvalue weighted by Crippen LogP contribution is -2.16. The monoisotopic (exact) mass is 188 g/mol. The van der Waals surface area contributed by atoms with E-state index in [2.05, 4.69) is 30.8 Å². The molecule has 0 saturated carbocycles. The Kier molecular flexibility index (Phi) is 3.00. The van der Waals surface area contributed by atoms with Crippen LogP contribution in [0, 0.1) is 5.92 Å². The summed E-state index contributed by atoms with van der Waals surface area (Å²) in [7, 11) is 0. The Morgan fingerprint density at radius 3 is 2.86 bits per heavy atom. The zero-order chi connectivity index (χ0) is 9.80. The maximum absolute atomic E-state index is 5.69. The number of hydrogen-bond donors (Lipinski definition) is 0. The van der Waals surface area contributed by atoms with Gasteiger partial charge in [0, 0.05) is 12.5 Å². The van der Waals surface area contributed by atoms with E-state index in [9.17, 15) is 0 Å². The van der Waals surface area contributed by atoms with Gasteiger partial charge in [0.25, 0.3) is 0 Å². The van der Waals surface area contributed by atoms with E-state index in [-0.39, 0.29) is 0 Å². The van der Waals surface area contributed by atoms with Crippen LogP contribution in [0.2, 0.25) is 0 Å². The van der Waals surface area contributed by atoms with Gasteiger partial charge in [0.05, 0.1) is 6.10 Å². The summed E-state index contributed by atoms with van der Waals surface area (Å²) in [5.41, 5.74) is 1.35. The minimum Gasteiger partial charge on any atom is -0.377 e. The Hall–Kier alpha value is -1.08. The molecular weight excluding hydrogens is 172 g/mol. The highest BCUT2D eigenvalue weighted by Gasteiger charge is 2.25. The second-order valence-corrected chi connectivity index (χ2v) is 3.79. The molecule has 1 heteroatoms. The van der Waals surface area contributed by atoms with Gasteiger partial charge in [-0.15, -0.1) is 6.58 Å². The standard InChI is InChI=1S/C13H16O/c1-2-12-8-9-14-13(12)10-11-6-4-3-5-7-11/h2-7,12-13H,1,8-10H2/t12-,13-/m1/s1. The molecule has 1 heterocycles. The lowest BCUT2D eigenvalue weighted by molar-refractivity contribution is 0.0994. The summed E-state index contributed by atoms with van der Waals surface area (Å²) in [4.78, 5) is 0. The van der Waals surface area contributed by atoms with E-state index >= 15 is 0 Å². The average Bonchev–Trinajstić information content (AvgIpc) is 2.67. The maximum atomic E-state index is 5.69. The summed E-state index contributed by atoms with van der Waals surface area (Å²) >= 11 is 0. The van der Waals surface area contributed by atoms with E-state index in [4.69, 9.17) is 4.74 Å². The molecule has 1 aliphatic heterocycles. The minimum atomic E-state index is 0.342. The average molecular weight is 188 g/mol. The fourth-order valence-corrected chi connectivity index (χ4v) is 1.99. The zero-order valence-corrected chi connectivity index (χ0v) is 8.36. The number of hydrogen-bond acceptors (Lipinski definition) is 1. The largest absolute Gasteiger partial charge is 0.377 e. The molecule has 1 saturated heterocycles. The fraction of sp³-hybridized carbons (Fsp3) is 0.385. The second-order valence-electron chi connectivity index (χ2n) is 3.79. The van der Waals surface area contributed by atoms with Gasteiger partial charge in [-0.3, -0.25) is 0 Å². The normalized spacial score (nSPS) is 26.3. The van der Waals surface area contributed by atoms with E-state index in [1.165, 1.54) is 5.56 Å². The summed E-state index contributed by atoms with van der Waals surface area (Å²) in [6.07, 6.45) is 4.51. The van der Waals surface area contributed by atoms with Crippen LogP contribution in [0.4, 0.5) is 0 Å². The highest BCUT2D eigenvalue weighted by molar-refractivity contribution is 5.16. The molecule has 0 N–H and O–H groups in total. The molecule has 0 radical (unpaired) electrons. The van der Waals surface area contributed by atoms with Gasteiger partial charge < -0.3 is 4.74 Å². The van der Waals surface area contributed by atoms with Crippen LogP contribution in [0.1, 0.15) is 12.0 Å². The van der Waals surface area contributed by atoms with Gasteiger partial charge in [0.1, 0.15) is 0 Å². The van der Waals surface area contributed by atoms with E-state index < -0.39 is 0 Å². The molecule has 0 aliphatic carbocycles. The van der Waals surface area contributed by atoms with Gasteiger partial charge >= 0.3 is 0 Å². The molecule has 1 nitrogen and oxygen atoms in total. The van der Waals surface area contributed by atoms with Crippen molar-refractivity contribution in [1.82, 2.24) is 0 Å². The van der Waals surface area contributed by atoms with Crippen LogP contribution >= 0.6 is 0 Å². The van der Waals surface area contributed by atoms with Gasteiger partial charge in [0.2, 0.25) is 0 Å². The first-order chi connectivity index (χ1) is 6.90. The summed E-state index contributed by atoms with van der Waals surface area (Å²) in [5, 5.41) is 0. The Morgan fingerprint density at radius 1 is 1.36 bits per heavy atom. The van der Waals surface area contributed by atoms with Gasteiger partial charge in [-0.1, -0.05) is 36.4 Å². The summed E-state index contributed by atoms with van der Waals surface area (Å²) in [5.74, 6) is 0.537. The van der Waals surface area contributed by atoms with Crippen LogP contribution < -0.4 is 0 Å². The minimum absolute atomic E-state index is 0.342. The molecule has 0 aromatic heterocycles. The molecule has 0 bridgehead atoms. The van der Waals surface area contributed by atoms with Crippen LogP contribution in [-0.2, 0) is 11.2 Å². The van der Waals surface area contributed by atoms with Crippen molar-refractivity contribution < 1.29 is 4.74 Å². The van der Waals surface area contributed by atoms with E-state index in [0.717, 1.165) is 19.4 Å². The van der Waals surface area contributed by atoms with Crippen LogP contribution in [0.15, 0.2) is 43.0 Å². The molecular formula is C13H16O. The highest BCUT2D eigenvalue weighted by atomic mass is 16.5. The molecule has 1 aliphatic rings. The van der Waals surface area contributed by atoms with Gasteiger partial charge in [-0.25, -0.2) is 0 Å². The van der Waals surface area contributed by atoms with Crippen molar-refractivity contribution in [2.75, 3.05) is 6.61 Å². The predicted molar refractivity (Wildman–Crippen MR) is 58.2 cm³/mol. The topological polar surface area (TPSA) is 9.23 Å². The SMILES string of the molecule is C=C[C@@H]1CCO[C@@H]1Cc1ccccc1. The Labute approximate surface area is 85.4 Å². The first-order valence-electron chi connectivity index (χ1n) is 5.18. The van der Waals surface area contributed by atoms with Crippen LogP contribution in [0.5, 0.6) is 0 Å². The van der Waals surface area contributed by atoms with Crippen molar-refractivity contribution in [1.29, 1.82) is 0 Å². The molecule has 1 aromatic rings. The quantitative estimate of drug-likeness (QED) is 0.663. The summed E-state index contributed by atoms with van der Waals surface area (Å²) < 4.78 is 5.69. The first-order valence-corrected chi connectivity index (χ1v) is 5.18. The summed E-state index contributed by atoms with van der Waals surface area (Å²) in [6.45, 7) is 4.74. The van der Waals surface area contributed by atoms with Crippen molar-refractivity contribution in [3.63, 3.8) is 0 Å². The van der Waals surface area contributed by atoms with Crippen molar-refractivity contribution in [2.45, 2.75) is 18.9 Å². The third-order valence-electron chi connectivity index (χ3n) is 2.84. The molecule has 0 unspecified atom stereocenters. The molecule has 14 heavy (non-hydrogen) atoms. The molecule has 2 rings (SSSR count). The van der Waals surface area contributed by atoms with E-state index in [1.54, 1.807) is 0 Å². The van der Waals surface area contributed by atoms with Crippen LogP contribution in [-0.4, -0.2) is 12.7 Å². The Morgan fingerprint density at radius 2 is 2.14 bits per heavy atom. The number of ether oxygens (including phenoxy) is 1. The first kappa shape index (κ1) is 9.47. The van der Waals surface area contributed by atoms with Crippen molar-refractivity contribution in [2.24, 2.45) is 5.92 Å². The van der Waals surface area contributed by atoms with Gasteiger partial charge in [-0.05, 0) is 18.4 Å². The van der Waals surface area contributed by atoms with E-state index in [1.807, 2.05) is 12.1 Å². The van der Waals surface area contributed by atoms with Crippen LogP contribution in [0.25, 0.3) is 0 Å². The number of benzene rings is 1. The molecule has 74 valence electrons. The Bertz CT molecular complexity index is 291. The molecule has 0 spiro atoms. The fourth-order valence-electron chi connectivity index (χ4n) is 1.99. The lowest BCUT2D eigenvalue weighted by atomic mass is 9.96. The zero-order valence-electron chi connectivity index (χ0n) is 8.36. The van der Waals surface area contributed by atoms with E-state index in [0.29, 0.717) is 12.0 Å². The smallest absolute Gasteiger partial charge is 0.0678 e. The predicted octanol–water partition coefficient (Wildman–Crippen LogP) is 2.82. The Balaban J connectivity index is 2.00. The third kappa shape index (κ3) is 2.05. The molecule has 1 fully saturated rings. The maximum Gasteiger partial charge on any atom is 0.0678 e. The summed E-state index contributed by atoms with van der Waals surface area (Å²) in [6, 6.07) is 10.5. The molecule has 1 aromatic carbocycles. The van der Waals surface area contributed by atoms with Crippen LogP contribution in [0.3, 0.4) is 0 Å². The van der Waals surface area contributed by atoms with Crippen molar-refractivity contribution in [3.05, 3.63) is 48.6 Å². The molecule has 0 amide bonds. The van der Waals surface area contributed by atoms with Gasteiger partial charge in [-0.2, -0.15) is 0 Å². The molecule has 2 atom stereocenters.